The average molecular weight is 237 g/mol. The maximum Gasteiger partial charge on any atom is 0.0710 e. The number of hydrogen-bond acceptors (Lipinski definition) is 2. The van der Waals surface area contributed by atoms with Gasteiger partial charge in [0, 0.05) is 0 Å². The van der Waals surface area contributed by atoms with Crippen LogP contribution in [0.4, 0.5) is 0 Å². The van der Waals surface area contributed by atoms with Gasteiger partial charge >= 0.3 is 0 Å². The third-order valence-electron chi connectivity index (χ3n) is 2.83. The van der Waals surface area contributed by atoms with Gasteiger partial charge in [-0.3, -0.25) is 0 Å². The quantitative estimate of drug-likeness (QED) is 0.887. The summed E-state index contributed by atoms with van der Waals surface area (Å²) in [6.45, 7) is 0. The van der Waals surface area contributed by atoms with E-state index in [2.05, 4.69) is 24.3 Å². The fraction of sp³-hybridized carbons (Fsp3) is 0.188. The Labute approximate surface area is 107 Å². The molecule has 0 aliphatic rings. The van der Waals surface area contributed by atoms with Crippen LogP contribution >= 0.6 is 0 Å². The van der Waals surface area contributed by atoms with Crippen molar-refractivity contribution in [1.82, 2.24) is 0 Å². The Balaban J connectivity index is 2.18. The lowest BCUT2D eigenvalue weighted by atomic mass is 10.00. The van der Waals surface area contributed by atoms with Crippen molar-refractivity contribution in [3.05, 3.63) is 60.2 Å². The van der Waals surface area contributed by atoms with Crippen LogP contribution in [0.3, 0.4) is 0 Å². The zero-order chi connectivity index (χ0) is 12.8. The molecule has 0 fully saturated rings. The Morgan fingerprint density at radius 3 is 2.44 bits per heavy atom. The van der Waals surface area contributed by atoms with Crippen LogP contribution in [0.25, 0.3) is 11.1 Å². The molecule has 0 saturated heterocycles. The van der Waals surface area contributed by atoms with Gasteiger partial charge < -0.3 is 5.11 Å². The molecule has 0 radical (unpaired) electrons. The average Bonchev–Trinajstić information content (AvgIpc) is 2.40. The van der Waals surface area contributed by atoms with Crippen LogP contribution in [-0.2, 0) is 6.42 Å². The Morgan fingerprint density at radius 1 is 1.00 bits per heavy atom. The third kappa shape index (κ3) is 3.19. The van der Waals surface area contributed by atoms with Gasteiger partial charge in [0.2, 0.25) is 0 Å². The summed E-state index contributed by atoms with van der Waals surface area (Å²) in [5.41, 5.74) is 3.35. The topological polar surface area (TPSA) is 44.0 Å². The van der Waals surface area contributed by atoms with E-state index in [0.717, 1.165) is 16.7 Å². The Hall–Kier alpha value is -2.11. The number of nitriles is 1. The van der Waals surface area contributed by atoms with Crippen molar-refractivity contribution in [2.75, 3.05) is 0 Å². The molecule has 0 unspecified atom stereocenters. The van der Waals surface area contributed by atoms with E-state index in [1.54, 1.807) is 0 Å². The van der Waals surface area contributed by atoms with Crippen molar-refractivity contribution in [3.8, 4) is 17.2 Å². The summed E-state index contributed by atoms with van der Waals surface area (Å²) < 4.78 is 0. The number of aliphatic hydroxyl groups excluding tert-OH is 1. The molecule has 1 atom stereocenters. The van der Waals surface area contributed by atoms with E-state index < -0.39 is 6.10 Å². The van der Waals surface area contributed by atoms with Crippen molar-refractivity contribution < 1.29 is 5.11 Å². The summed E-state index contributed by atoms with van der Waals surface area (Å²) in [6.07, 6.45) is 0.116. The number of aliphatic hydroxyl groups is 1. The van der Waals surface area contributed by atoms with Gasteiger partial charge in [-0.05, 0) is 23.1 Å². The summed E-state index contributed by atoms with van der Waals surface area (Å²) in [5.74, 6) is 0. The molecule has 90 valence electrons. The summed E-state index contributed by atoms with van der Waals surface area (Å²) in [7, 11) is 0. The summed E-state index contributed by atoms with van der Waals surface area (Å²) >= 11 is 0. The molecular weight excluding hydrogens is 222 g/mol. The molecule has 0 aliphatic carbocycles. The molecule has 2 aromatic carbocycles. The van der Waals surface area contributed by atoms with Crippen LogP contribution in [0.1, 0.15) is 12.0 Å². The molecule has 0 saturated carbocycles. The van der Waals surface area contributed by atoms with Gasteiger partial charge in [0.05, 0.1) is 18.6 Å². The smallest absolute Gasteiger partial charge is 0.0710 e. The highest BCUT2D eigenvalue weighted by atomic mass is 16.3. The van der Waals surface area contributed by atoms with E-state index in [4.69, 9.17) is 5.26 Å². The number of nitrogens with zero attached hydrogens (tertiary/aromatic N) is 1. The van der Waals surface area contributed by atoms with Crippen molar-refractivity contribution in [3.63, 3.8) is 0 Å². The second-order valence-corrected chi connectivity index (χ2v) is 4.29. The summed E-state index contributed by atoms with van der Waals surface area (Å²) in [6, 6.07) is 20.2. The maximum absolute atomic E-state index is 9.64. The molecule has 18 heavy (non-hydrogen) atoms. The number of hydrogen-bond donors (Lipinski definition) is 1. The first-order valence-electron chi connectivity index (χ1n) is 5.99. The van der Waals surface area contributed by atoms with Crippen LogP contribution in [0, 0.1) is 11.3 Å². The first-order valence-corrected chi connectivity index (χ1v) is 5.99. The molecule has 0 aromatic heterocycles. The van der Waals surface area contributed by atoms with Crippen molar-refractivity contribution in [2.24, 2.45) is 0 Å². The molecule has 2 nitrogen and oxygen atoms in total. The van der Waals surface area contributed by atoms with Crippen LogP contribution in [-0.4, -0.2) is 11.2 Å². The molecular formula is C16H15NO. The summed E-state index contributed by atoms with van der Waals surface area (Å²) in [5, 5.41) is 18.2. The van der Waals surface area contributed by atoms with Crippen LogP contribution < -0.4 is 0 Å². The molecule has 2 aromatic rings. The minimum Gasteiger partial charge on any atom is -0.392 e. The van der Waals surface area contributed by atoms with Crippen LogP contribution in [0.15, 0.2) is 54.6 Å². The normalized spacial score (nSPS) is 11.8. The van der Waals surface area contributed by atoms with Crippen molar-refractivity contribution in [2.45, 2.75) is 18.9 Å². The van der Waals surface area contributed by atoms with Gasteiger partial charge in [0.1, 0.15) is 0 Å². The third-order valence-corrected chi connectivity index (χ3v) is 2.83. The summed E-state index contributed by atoms with van der Waals surface area (Å²) in [4.78, 5) is 0. The minimum atomic E-state index is -0.582. The first-order chi connectivity index (χ1) is 8.79. The fourth-order valence-electron chi connectivity index (χ4n) is 1.96. The highest BCUT2D eigenvalue weighted by Gasteiger charge is 2.05. The molecule has 1 N–H and O–H groups in total. The second-order valence-electron chi connectivity index (χ2n) is 4.29. The maximum atomic E-state index is 9.64. The van der Waals surface area contributed by atoms with Crippen molar-refractivity contribution >= 4 is 0 Å². The van der Waals surface area contributed by atoms with Crippen molar-refractivity contribution in [1.29, 1.82) is 5.26 Å². The second kappa shape index (κ2) is 6.00. The van der Waals surface area contributed by atoms with E-state index in [-0.39, 0.29) is 6.42 Å². The van der Waals surface area contributed by atoms with Crippen LogP contribution in [0.2, 0.25) is 0 Å². The van der Waals surface area contributed by atoms with Gasteiger partial charge in [-0.2, -0.15) is 5.26 Å². The molecule has 0 aliphatic heterocycles. The molecule has 0 heterocycles. The molecule has 0 spiro atoms. The van der Waals surface area contributed by atoms with E-state index in [1.165, 1.54) is 0 Å². The van der Waals surface area contributed by atoms with Gasteiger partial charge in [0.25, 0.3) is 0 Å². The molecule has 0 bridgehead atoms. The van der Waals surface area contributed by atoms with Gasteiger partial charge in [-0.1, -0.05) is 54.6 Å². The monoisotopic (exact) mass is 237 g/mol. The molecule has 2 heteroatoms. The highest BCUT2D eigenvalue weighted by molar-refractivity contribution is 5.63. The SMILES string of the molecule is N#CC[C@@H](O)Cc1cccc(-c2ccccc2)c1. The van der Waals surface area contributed by atoms with E-state index in [9.17, 15) is 5.11 Å². The Kier molecular flexibility index (Phi) is 4.11. The fourth-order valence-corrected chi connectivity index (χ4v) is 1.96. The lowest BCUT2D eigenvalue weighted by Gasteiger charge is -2.08. The molecule has 0 amide bonds. The van der Waals surface area contributed by atoms with Gasteiger partial charge in [-0.25, -0.2) is 0 Å². The van der Waals surface area contributed by atoms with Gasteiger partial charge in [-0.15, -0.1) is 0 Å². The molecule has 2 rings (SSSR count). The standard InChI is InChI=1S/C16H15NO/c17-10-9-16(18)12-13-5-4-8-15(11-13)14-6-2-1-3-7-14/h1-8,11,16,18H,9,12H2/t16-/m1/s1. The number of benzene rings is 2. The van der Waals surface area contributed by atoms with E-state index in [0.29, 0.717) is 6.42 Å². The predicted molar refractivity (Wildman–Crippen MR) is 71.8 cm³/mol. The Morgan fingerprint density at radius 2 is 1.72 bits per heavy atom. The van der Waals surface area contributed by atoms with Gasteiger partial charge in [0.15, 0.2) is 0 Å². The van der Waals surface area contributed by atoms with E-state index >= 15 is 0 Å². The number of rotatable bonds is 4. The minimum absolute atomic E-state index is 0.176. The zero-order valence-electron chi connectivity index (χ0n) is 10.1. The predicted octanol–water partition coefficient (Wildman–Crippen LogP) is 3.17. The largest absolute Gasteiger partial charge is 0.392 e. The van der Waals surface area contributed by atoms with E-state index in [1.807, 2.05) is 36.4 Å². The first kappa shape index (κ1) is 12.3. The lowest BCUT2D eigenvalue weighted by Crippen LogP contribution is -2.08. The zero-order valence-corrected chi connectivity index (χ0v) is 10.1. The highest BCUT2D eigenvalue weighted by Crippen LogP contribution is 2.20. The Bertz CT molecular complexity index is 543. The lowest BCUT2D eigenvalue weighted by molar-refractivity contribution is 0.180. The van der Waals surface area contributed by atoms with Crippen LogP contribution in [0.5, 0.6) is 0 Å².